The first-order chi connectivity index (χ1) is 10.2. The quantitative estimate of drug-likeness (QED) is 0.937. The van der Waals surface area contributed by atoms with Gasteiger partial charge in [0.05, 0.1) is 0 Å². The number of nitrogens with zero attached hydrogens (tertiary/aromatic N) is 2. The van der Waals surface area contributed by atoms with E-state index in [1.165, 1.54) is 12.8 Å². The number of benzene rings is 1. The van der Waals surface area contributed by atoms with Gasteiger partial charge in [0, 0.05) is 11.6 Å². The monoisotopic (exact) mass is 285 g/mol. The lowest BCUT2D eigenvalue weighted by Gasteiger charge is -2.10. The van der Waals surface area contributed by atoms with Crippen molar-refractivity contribution in [2.45, 2.75) is 45.1 Å². The van der Waals surface area contributed by atoms with Gasteiger partial charge in [-0.2, -0.15) is 0 Å². The molecule has 0 atom stereocenters. The molecule has 1 saturated carbocycles. The Morgan fingerprint density at radius 2 is 2.14 bits per heavy atom. The summed E-state index contributed by atoms with van der Waals surface area (Å²) in [4.78, 5) is 11.9. The average Bonchev–Trinajstić information content (AvgIpc) is 3.10. The number of hydrogen-bond donors (Lipinski definition) is 1. The Kier molecular flexibility index (Phi) is 3.99. The molecule has 0 aliphatic heterocycles. The first-order valence-corrected chi connectivity index (χ1v) is 7.39. The molecule has 0 spiro atoms. The van der Waals surface area contributed by atoms with Crippen molar-refractivity contribution in [3.8, 4) is 11.5 Å². The van der Waals surface area contributed by atoms with Crippen molar-refractivity contribution in [3.63, 3.8) is 0 Å². The van der Waals surface area contributed by atoms with E-state index < -0.39 is 0 Å². The van der Waals surface area contributed by atoms with Crippen molar-refractivity contribution in [1.82, 2.24) is 15.5 Å². The van der Waals surface area contributed by atoms with E-state index in [0.29, 0.717) is 17.8 Å². The SMILES string of the molecule is Cc1cccc(-c2nnc(CC(=O)NC3CCCC3)o2)c1. The van der Waals surface area contributed by atoms with Crippen LogP contribution in [0.5, 0.6) is 0 Å². The highest BCUT2D eigenvalue weighted by atomic mass is 16.4. The summed E-state index contributed by atoms with van der Waals surface area (Å²) in [5.74, 6) is 0.783. The first-order valence-electron chi connectivity index (χ1n) is 7.39. The molecule has 0 saturated heterocycles. The molecule has 5 nitrogen and oxygen atoms in total. The lowest BCUT2D eigenvalue weighted by atomic mass is 10.1. The predicted octanol–water partition coefficient (Wildman–Crippen LogP) is 2.65. The van der Waals surface area contributed by atoms with Crippen LogP contribution in [-0.2, 0) is 11.2 Å². The van der Waals surface area contributed by atoms with Crippen LogP contribution in [-0.4, -0.2) is 22.1 Å². The molecule has 1 heterocycles. The number of aromatic nitrogens is 2. The third kappa shape index (κ3) is 3.48. The third-order valence-corrected chi connectivity index (χ3v) is 3.76. The largest absolute Gasteiger partial charge is 0.420 e. The van der Waals surface area contributed by atoms with E-state index in [9.17, 15) is 4.79 Å². The highest BCUT2D eigenvalue weighted by molar-refractivity contribution is 5.78. The van der Waals surface area contributed by atoms with Crippen LogP contribution < -0.4 is 5.32 Å². The Balaban J connectivity index is 1.63. The minimum Gasteiger partial charge on any atom is -0.420 e. The molecule has 3 rings (SSSR count). The zero-order valence-corrected chi connectivity index (χ0v) is 12.1. The van der Waals surface area contributed by atoms with Crippen LogP contribution in [0.1, 0.15) is 37.1 Å². The standard InChI is InChI=1S/C16H19N3O2/c1-11-5-4-6-12(9-11)16-19-18-15(21-16)10-14(20)17-13-7-2-3-8-13/h4-6,9,13H,2-3,7-8,10H2,1H3,(H,17,20). The minimum atomic E-state index is -0.0404. The second-order valence-corrected chi connectivity index (χ2v) is 5.60. The van der Waals surface area contributed by atoms with Gasteiger partial charge in [-0.3, -0.25) is 4.79 Å². The molecule has 1 N–H and O–H groups in total. The van der Waals surface area contributed by atoms with E-state index in [2.05, 4.69) is 15.5 Å². The fraction of sp³-hybridized carbons (Fsp3) is 0.438. The van der Waals surface area contributed by atoms with E-state index in [0.717, 1.165) is 24.0 Å². The number of aryl methyl sites for hydroxylation is 1. The summed E-state index contributed by atoms with van der Waals surface area (Å²) < 4.78 is 5.58. The maximum Gasteiger partial charge on any atom is 0.247 e. The van der Waals surface area contributed by atoms with Crippen molar-refractivity contribution in [2.24, 2.45) is 0 Å². The maximum absolute atomic E-state index is 11.9. The fourth-order valence-electron chi connectivity index (χ4n) is 2.71. The zero-order valence-electron chi connectivity index (χ0n) is 12.1. The first kappa shape index (κ1) is 13.8. The molecule has 0 unspecified atom stereocenters. The van der Waals surface area contributed by atoms with Gasteiger partial charge in [0.25, 0.3) is 0 Å². The van der Waals surface area contributed by atoms with Gasteiger partial charge in [-0.15, -0.1) is 10.2 Å². The minimum absolute atomic E-state index is 0.0404. The number of nitrogens with one attached hydrogen (secondary N) is 1. The molecule has 1 aromatic heterocycles. The van der Waals surface area contributed by atoms with Gasteiger partial charge < -0.3 is 9.73 Å². The molecule has 110 valence electrons. The molecule has 1 fully saturated rings. The smallest absolute Gasteiger partial charge is 0.247 e. The molecule has 21 heavy (non-hydrogen) atoms. The lowest BCUT2D eigenvalue weighted by molar-refractivity contribution is -0.121. The molecule has 2 aromatic rings. The molecule has 1 aliphatic rings. The van der Waals surface area contributed by atoms with E-state index in [1.807, 2.05) is 31.2 Å². The molecule has 0 radical (unpaired) electrons. The number of carbonyl (C=O) groups excluding carboxylic acids is 1. The third-order valence-electron chi connectivity index (χ3n) is 3.76. The maximum atomic E-state index is 11.9. The van der Waals surface area contributed by atoms with Crippen LogP contribution in [0, 0.1) is 6.92 Å². The fourth-order valence-corrected chi connectivity index (χ4v) is 2.71. The van der Waals surface area contributed by atoms with E-state index >= 15 is 0 Å². The number of carbonyl (C=O) groups is 1. The lowest BCUT2D eigenvalue weighted by Crippen LogP contribution is -2.33. The summed E-state index contributed by atoms with van der Waals surface area (Å²) in [7, 11) is 0. The van der Waals surface area contributed by atoms with Gasteiger partial charge in [0.15, 0.2) is 0 Å². The summed E-state index contributed by atoms with van der Waals surface area (Å²) in [5, 5.41) is 11.0. The Morgan fingerprint density at radius 1 is 1.33 bits per heavy atom. The summed E-state index contributed by atoms with van der Waals surface area (Å²) in [5.41, 5.74) is 2.01. The zero-order chi connectivity index (χ0) is 14.7. The highest BCUT2D eigenvalue weighted by Gasteiger charge is 2.19. The van der Waals surface area contributed by atoms with Crippen LogP contribution in [0.25, 0.3) is 11.5 Å². The summed E-state index contributed by atoms with van der Waals surface area (Å²) >= 11 is 0. The Labute approximate surface area is 123 Å². The van der Waals surface area contributed by atoms with Crippen LogP contribution in [0.3, 0.4) is 0 Å². The van der Waals surface area contributed by atoms with Gasteiger partial charge in [-0.1, -0.05) is 30.5 Å². The Hall–Kier alpha value is -2.17. The predicted molar refractivity (Wildman–Crippen MR) is 78.6 cm³/mol. The Morgan fingerprint density at radius 3 is 2.90 bits per heavy atom. The van der Waals surface area contributed by atoms with Crippen molar-refractivity contribution in [2.75, 3.05) is 0 Å². The molecular formula is C16H19N3O2. The van der Waals surface area contributed by atoms with Crippen molar-refractivity contribution >= 4 is 5.91 Å². The second kappa shape index (κ2) is 6.08. The second-order valence-electron chi connectivity index (χ2n) is 5.60. The van der Waals surface area contributed by atoms with Crippen LogP contribution in [0.15, 0.2) is 28.7 Å². The van der Waals surface area contributed by atoms with Crippen LogP contribution in [0.4, 0.5) is 0 Å². The van der Waals surface area contributed by atoms with Gasteiger partial charge >= 0.3 is 0 Å². The molecule has 1 aliphatic carbocycles. The number of amides is 1. The molecule has 5 heteroatoms. The van der Waals surface area contributed by atoms with Crippen LogP contribution in [0.2, 0.25) is 0 Å². The van der Waals surface area contributed by atoms with Crippen LogP contribution >= 0.6 is 0 Å². The summed E-state index contributed by atoms with van der Waals surface area (Å²) in [6.07, 6.45) is 4.69. The normalized spacial score (nSPS) is 15.3. The van der Waals surface area contributed by atoms with E-state index in [1.54, 1.807) is 0 Å². The number of rotatable bonds is 4. The Bertz CT molecular complexity index is 630. The van der Waals surface area contributed by atoms with Gasteiger partial charge in [0.2, 0.25) is 17.7 Å². The molecular weight excluding hydrogens is 266 g/mol. The molecule has 1 aromatic carbocycles. The average molecular weight is 285 g/mol. The summed E-state index contributed by atoms with van der Waals surface area (Å²) in [6, 6.07) is 8.17. The van der Waals surface area contributed by atoms with Gasteiger partial charge in [-0.25, -0.2) is 0 Å². The topological polar surface area (TPSA) is 68.0 Å². The molecule has 1 amide bonds. The highest BCUT2D eigenvalue weighted by Crippen LogP contribution is 2.20. The van der Waals surface area contributed by atoms with Crippen molar-refractivity contribution < 1.29 is 9.21 Å². The molecule has 0 bridgehead atoms. The summed E-state index contributed by atoms with van der Waals surface area (Å²) in [6.45, 7) is 2.01. The van der Waals surface area contributed by atoms with E-state index in [-0.39, 0.29) is 12.3 Å². The number of hydrogen-bond acceptors (Lipinski definition) is 4. The van der Waals surface area contributed by atoms with Gasteiger partial charge in [-0.05, 0) is 31.9 Å². The van der Waals surface area contributed by atoms with Crippen molar-refractivity contribution in [1.29, 1.82) is 0 Å². The van der Waals surface area contributed by atoms with Gasteiger partial charge in [0.1, 0.15) is 6.42 Å². The van der Waals surface area contributed by atoms with Crippen molar-refractivity contribution in [3.05, 3.63) is 35.7 Å². The van der Waals surface area contributed by atoms with E-state index in [4.69, 9.17) is 4.42 Å².